The number of carboxylic acids is 1. The van der Waals surface area contributed by atoms with Crippen LogP contribution in [-0.4, -0.2) is 25.8 Å². The maximum Gasteiger partial charge on any atom is 0.360 e. The van der Waals surface area contributed by atoms with Crippen molar-refractivity contribution in [2.75, 3.05) is 0 Å². The summed E-state index contributed by atoms with van der Waals surface area (Å²) in [5, 5.41) is 22.9. The van der Waals surface area contributed by atoms with Crippen molar-refractivity contribution in [2.45, 2.75) is 0 Å². The zero-order chi connectivity index (χ0) is 15.7. The lowest BCUT2D eigenvalue weighted by Crippen LogP contribution is -2.21. The number of nitrogens with zero attached hydrogens (tertiary/aromatic N) is 3. The maximum absolute atomic E-state index is 13.8. The first-order valence-electron chi connectivity index (χ1n) is 5.28. The molecule has 1 N–H and O–H groups in total. The van der Waals surface area contributed by atoms with E-state index in [1.807, 2.05) is 0 Å². The van der Waals surface area contributed by atoms with Crippen LogP contribution in [0.2, 0.25) is 0 Å². The summed E-state index contributed by atoms with van der Waals surface area (Å²) in [4.78, 5) is 31.8. The SMILES string of the molecule is O=C(O)c1nn(-c2c(F)cc(F)cc2[N+](=O)[O-])ccc1=O. The van der Waals surface area contributed by atoms with Crippen LogP contribution in [0.5, 0.6) is 0 Å². The Morgan fingerprint density at radius 2 is 2.05 bits per heavy atom. The Hall–Kier alpha value is -3.17. The lowest BCUT2D eigenvalue weighted by Gasteiger charge is -2.07. The van der Waals surface area contributed by atoms with E-state index in [9.17, 15) is 28.5 Å². The van der Waals surface area contributed by atoms with Crippen LogP contribution in [-0.2, 0) is 0 Å². The highest BCUT2D eigenvalue weighted by molar-refractivity contribution is 5.84. The van der Waals surface area contributed by atoms with Gasteiger partial charge in [-0.15, -0.1) is 0 Å². The van der Waals surface area contributed by atoms with Gasteiger partial charge in [-0.2, -0.15) is 5.10 Å². The number of carbonyl (C=O) groups is 1. The molecule has 108 valence electrons. The van der Waals surface area contributed by atoms with E-state index < -0.39 is 45.0 Å². The highest BCUT2D eigenvalue weighted by atomic mass is 19.1. The van der Waals surface area contributed by atoms with Gasteiger partial charge in [0.1, 0.15) is 5.82 Å². The third-order valence-electron chi connectivity index (χ3n) is 2.44. The number of halogens is 2. The average molecular weight is 297 g/mol. The lowest BCUT2D eigenvalue weighted by atomic mass is 10.2. The largest absolute Gasteiger partial charge is 0.476 e. The fraction of sp³-hybridized carbons (Fsp3) is 0. The molecular weight excluding hydrogens is 292 g/mol. The molecule has 0 spiro atoms. The summed E-state index contributed by atoms with van der Waals surface area (Å²) in [5.41, 5.74) is -3.64. The molecule has 2 aromatic rings. The molecule has 1 heterocycles. The Morgan fingerprint density at radius 3 is 2.62 bits per heavy atom. The van der Waals surface area contributed by atoms with Gasteiger partial charge < -0.3 is 5.11 Å². The van der Waals surface area contributed by atoms with Crippen molar-refractivity contribution < 1.29 is 23.6 Å². The van der Waals surface area contributed by atoms with E-state index in [0.717, 1.165) is 12.3 Å². The Labute approximate surface area is 114 Å². The van der Waals surface area contributed by atoms with Gasteiger partial charge >= 0.3 is 11.7 Å². The first-order valence-corrected chi connectivity index (χ1v) is 5.28. The summed E-state index contributed by atoms with van der Waals surface area (Å²) in [5.74, 6) is -4.18. The molecule has 0 amide bonds. The first-order chi connectivity index (χ1) is 9.81. The Balaban J connectivity index is 2.78. The van der Waals surface area contributed by atoms with Crippen molar-refractivity contribution in [1.82, 2.24) is 9.78 Å². The Kier molecular flexibility index (Phi) is 3.44. The van der Waals surface area contributed by atoms with Crippen molar-refractivity contribution in [3.05, 3.63) is 62.1 Å². The molecule has 1 aromatic carbocycles. The molecule has 0 saturated heterocycles. The van der Waals surface area contributed by atoms with Crippen LogP contribution in [0.4, 0.5) is 14.5 Å². The van der Waals surface area contributed by atoms with E-state index >= 15 is 0 Å². The lowest BCUT2D eigenvalue weighted by molar-refractivity contribution is -0.385. The molecule has 8 nitrogen and oxygen atoms in total. The third-order valence-corrected chi connectivity index (χ3v) is 2.44. The van der Waals surface area contributed by atoms with Crippen LogP contribution in [0.1, 0.15) is 10.5 Å². The second-order valence-electron chi connectivity index (χ2n) is 3.79. The van der Waals surface area contributed by atoms with Gasteiger partial charge in [0.05, 0.1) is 11.0 Å². The second kappa shape index (κ2) is 5.07. The first kappa shape index (κ1) is 14.2. The van der Waals surface area contributed by atoms with Crippen LogP contribution in [0.25, 0.3) is 5.69 Å². The van der Waals surface area contributed by atoms with E-state index in [2.05, 4.69) is 5.10 Å². The molecule has 2 rings (SSSR count). The maximum atomic E-state index is 13.8. The summed E-state index contributed by atoms with van der Waals surface area (Å²) in [7, 11) is 0. The molecule has 0 aliphatic rings. The second-order valence-corrected chi connectivity index (χ2v) is 3.79. The number of benzene rings is 1. The summed E-state index contributed by atoms with van der Waals surface area (Å²) >= 11 is 0. The number of hydrogen-bond acceptors (Lipinski definition) is 5. The van der Waals surface area contributed by atoms with Crippen molar-refractivity contribution in [2.24, 2.45) is 0 Å². The summed E-state index contributed by atoms with van der Waals surface area (Å²) in [6, 6.07) is 1.59. The topological polar surface area (TPSA) is 115 Å². The fourth-order valence-electron chi connectivity index (χ4n) is 1.60. The van der Waals surface area contributed by atoms with Crippen LogP contribution in [0, 0.1) is 21.7 Å². The minimum Gasteiger partial charge on any atom is -0.476 e. The van der Waals surface area contributed by atoms with E-state index in [0.29, 0.717) is 16.8 Å². The number of hydrogen-bond donors (Lipinski definition) is 1. The molecule has 10 heteroatoms. The normalized spacial score (nSPS) is 10.4. The van der Waals surface area contributed by atoms with Gasteiger partial charge in [0.15, 0.2) is 11.5 Å². The number of nitro groups is 1. The average Bonchev–Trinajstić information content (AvgIpc) is 2.38. The predicted molar refractivity (Wildman–Crippen MR) is 63.4 cm³/mol. The summed E-state index contributed by atoms with van der Waals surface area (Å²) in [6.45, 7) is 0. The van der Waals surface area contributed by atoms with Crippen molar-refractivity contribution in [3.63, 3.8) is 0 Å². The minimum absolute atomic E-state index is 0.378. The number of carboxylic acid groups (broad SMARTS) is 1. The van der Waals surface area contributed by atoms with Crippen LogP contribution in [0.3, 0.4) is 0 Å². The highest BCUT2D eigenvalue weighted by Gasteiger charge is 2.23. The minimum atomic E-state index is -1.68. The van der Waals surface area contributed by atoms with Crippen LogP contribution < -0.4 is 5.43 Å². The van der Waals surface area contributed by atoms with Gasteiger partial charge in [-0.25, -0.2) is 18.3 Å². The molecule has 0 saturated carbocycles. The van der Waals surface area contributed by atoms with Crippen molar-refractivity contribution in [1.29, 1.82) is 0 Å². The summed E-state index contributed by atoms with van der Waals surface area (Å²) in [6.07, 6.45) is 0.845. The number of aromatic carboxylic acids is 1. The van der Waals surface area contributed by atoms with Gasteiger partial charge in [0.2, 0.25) is 11.1 Å². The zero-order valence-corrected chi connectivity index (χ0v) is 9.99. The van der Waals surface area contributed by atoms with Crippen LogP contribution in [0.15, 0.2) is 29.2 Å². The molecule has 1 aromatic heterocycles. The monoisotopic (exact) mass is 297 g/mol. The molecule has 0 aliphatic heterocycles. The number of aromatic nitrogens is 2. The standard InChI is InChI=1S/C11H5F2N3O5/c12-5-3-6(13)10(7(4-5)16(20)21)15-2-1-8(17)9(14-15)11(18)19/h1-4H,(H,18,19). The zero-order valence-electron chi connectivity index (χ0n) is 9.99. The van der Waals surface area contributed by atoms with E-state index in [-0.39, 0.29) is 0 Å². The molecule has 0 radical (unpaired) electrons. The molecular formula is C11H5F2N3O5. The Bertz CT molecular complexity index is 818. The predicted octanol–water partition coefficient (Wildman–Crippen LogP) is 1.12. The van der Waals surface area contributed by atoms with E-state index in [4.69, 9.17) is 5.11 Å². The van der Waals surface area contributed by atoms with Gasteiger partial charge in [-0.3, -0.25) is 14.9 Å². The molecule has 0 atom stereocenters. The van der Waals surface area contributed by atoms with Gasteiger partial charge in [-0.05, 0) is 0 Å². The van der Waals surface area contributed by atoms with E-state index in [1.165, 1.54) is 0 Å². The molecule has 0 unspecified atom stereocenters. The van der Waals surface area contributed by atoms with Gasteiger partial charge in [-0.1, -0.05) is 0 Å². The number of nitro benzene ring substituents is 1. The molecule has 0 fully saturated rings. The smallest absolute Gasteiger partial charge is 0.360 e. The quantitative estimate of drug-likeness (QED) is 0.670. The fourth-order valence-corrected chi connectivity index (χ4v) is 1.60. The van der Waals surface area contributed by atoms with Crippen molar-refractivity contribution in [3.8, 4) is 5.69 Å². The molecule has 0 aliphatic carbocycles. The Morgan fingerprint density at radius 1 is 1.38 bits per heavy atom. The third kappa shape index (κ3) is 2.59. The summed E-state index contributed by atoms with van der Waals surface area (Å²) < 4.78 is 27.3. The number of rotatable bonds is 3. The van der Waals surface area contributed by atoms with E-state index in [1.54, 1.807) is 0 Å². The van der Waals surface area contributed by atoms with Crippen LogP contribution >= 0.6 is 0 Å². The molecule has 21 heavy (non-hydrogen) atoms. The van der Waals surface area contributed by atoms with Gasteiger partial charge in [0.25, 0.3) is 0 Å². The highest BCUT2D eigenvalue weighted by Crippen LogP contribution is 2.26. The van der Waals surface area contributed by atoms with Crippen molar-refractivity contribution >= 4 is 11.7 Å². The molecule has 0 bridgehead atoms. The van der Waals surface area contributed by atoms with Gasteiger partial charge in [0, 0.05) is 18.3 Å².